The highest BCUT2D eigenvalue weighted by atomic mass is 16.2. The van der Waals surface area contributed by atoms with Gasteiger partial charge in [0.1, 0.15) is 0 Å². The molecular weight excluding hydrogens is 220 g/mol. The zero-order valence-corrected chi connectivity index (χ0v) is 10.6. The van der Waals surface area contributed by atoms with Crippen LogP contribution in [-0.4, -0.2) is 5.11 Å². The summed E-state index contributed by atoms with van der Waals surface area (Å²) in [4.78, 5) is 0. The zero-order chi connectivity index (χ0) is 13.2. The third-order valence-electron chi connectivity index (χ3n) is 2.33. The normalized spacial score (nSPS) is 9.61. The third-order valence-corrected chi connectivity index (χ3v) is 2.33. The molecule has 1 N–H and O–H groups in total. The largest absolute Gasteiger partial charge is 0.516 e. The lowest BCUT2D eigenvalue weighted by atomic mass is 10.1. The fourth-order valence-electron chi connectivity index (χ4n) is 1.37. The second-order valence-corrected chi connectivity index (χ2v) is 3.87. The number of allylic oxidation sites excluding steroid dienone is 1. The topological polar surface area (TPSA) is 20.2 Å². The number of hydrogen-bond donors (Lipinski definition) is 1. The van der Waals surface area contributed by atoms with Crippen molar-refractivity contribution in [2.45, 2.75) is 6.92 Å². The van der Waals surface area contributed by atoms with Crippen LogP contribution in [0.15, 0.2) is 73.5 Å². The van der Waals surface area contributed by atoms with Gasteiger partial charge in [-0.05, 0) is 24.1 Å². The summed E-state index contributed by atoms with van der Waals surface area (Å²) in [7, 11) is 0. The van der Waals surface area contributed by atoms with E-state index in [1.807, 2.05) is 55.5 Å². The van der Waals surface area contributed by atoms with Crippen molar-refractivity contribution in [1.29, 1.82) is 0 Å². The van der Waals surface area contributed by atoms with E-state index in [9.17, 15) is 0 Å². The summed E-state index contributed by atoms with van der Waals surface area (Å²) >= 11 is 0. The summed E-state index contributed by atoms with van der Waals surface area (Å²) in [5.74, 6) is 0. The minimum Gasteiger partial charge on any atom is -0.516 e. The minimum absolute atomic E-state index is 1.01. The Bertz CT molecular complexity index is 484. The molecule has 0 aliphatic carbocycles. The average Bonchev–Trinajstić information content (AvgIpc) is 2.42. The zero-order valence-electron chi connectivity index (χ0n) is 10.6. The molecule has 0 saturated heterocycles. The summed E-state index contributed by atoms with van der Waals surface area (Å²) in [5, 5.41) is 8.34. The molecule has 0 amide bonds. The van der Waals surface area contributed by atoms with Gasteiger partial charge in [0.25, 0.3) is 0 Å². The maximum Gasteiger partial charge on any atom is 0.0797 e. The van der Waals surface area contributed by atoms with Gasteiger partial charge in [-0.25, -0.2) is 0 Å². The second-order valence-electron chi connectivity index (χ2n) is 3.87. The van der Waals surface area contributed by atoms with E-state index in [-0.39, 0.29) is 0 Å². The quantitative estimate of drug-likeness (QED) is 0.735. The molecule has 0 unspecified atom stereocenters. The molecule has 0 saturated carbocycles. The number of aliphatic hydroxyl groups excluding tert-OH is 1. The molecule has 18 heavy (non-hydrogen) atoms. The van der Waals surface area contributed by atoms with Crippen LogP contribution in [0.3, 0.4) is 0 Å². The smallest absolute Gasteiger partial charge is 0.0797 e. The van der Waals surface area contributed by atoms with E-state index in [0.717, 1.165) is 17.4 Å². The Labute approximate surface area is 109 Å². The molecule has 0 spiro atoms. The first-order valence-electron chi connectivity index (χ1n) is 5.81. The van der Waals surface area contributed by atoms with Crippen LogP contribution in [0.4, 0.5) is 0 Å². The van der Waals surface area contributed by atoms with Crippen LogP contribution in [0.2, 0.25) is 0 Å². The van der Waals surface area contributed by atoms with Gasteiger partial charge in [0, 0.05) is 0 Å². The monoisotopic (exact) mass is 238 g/mol. The van der Waals surface area contributed by atoms with Gasteiger partial charge in [-0.15, -0.1) is 0 Å². The molecule has 0 heterocycles. The maximum atomic E-state index is 8.34. The molecule has 0 bridgehead atoms. The molecule has 0 fully saturated rings. The minimum atomic E-state index is 1.01. The Morgan fingerprint density at radius 2 is 1.44 bits per heavy atom. The van der Waals surface area contributed by atoms with E-state index in [1.54, 1.807) is 6.08 Å². The highest BCUT2D eigenvalue weighted by Crippen LogP contribution is 2.08. The summed E-state index contributed by atoms with van der Waals surface area (Å²) < 4.78 is 0. The van der Waals surface area contributed by atoms with Crippen molar-refractivity contribution in [2.24, 2.45) is 0 Å². The van der Waals surface area contributed by atoms with Gasteiger partial charge in [-0.1, -0.05) is 72.8 Å². The van der Waals surface area contributed by atoms with Gasteiger partial charge < -0.3 is 5.11 Å². The molecular formula is C17H18O. The molecule has 2 aromatic carbocycles. The van der Waals surface area contributed by atoms with Gasteiger partial charge in [0.2, 0.25) is 0 Å². The number of benzene rings is 2. The van der Waals surface area contributed by atoms with Crippen LogP contribution < -0.4 is 0 Å². The van der Waals surface area contributed by atoms with Crippen molar-refractivity contribution < 1.29 is 5.11 Å². The molecule has 0 aliphatic heterocycles. The first kappa shape index (κ1) is 13.8. The second kappa shape index (κ2) is 7.91. The summed E-state index contributed by atoms with van der Waals surface area (Å²) in [6, 6.07) is 19.8. The lowest BCUT2D eigenvalue weighted by molar-refractivity contribution is 0.478. The Hall–Kier alpha value is -2.28. The van der Waals surface area contributed by atoms with Gasteiger partial charge in [-0.2, -0.15) is 0 Å². The summed E-state index contributed by atoms with van der Waals surface area (Å²) in [6.07, 6.45) is 2.68. The lowest BCUT2D eigenvalue weighted by Gasteiger charge is -1.94. The number of hydrogen-bond acceptors (Lipinski definition) is 1. The third kappa shape index (κ3) is 5.17. The van der Waals surface area contributed by atoms with Crippen LogP contribution in [-0.2, 0) is 0 Å². The summed E-state index contributed by atoms with van der Waals surface area (Å²) in [5.41, 5.74) is 3.35. The van der Waals surface area contributed by atoms with Crippen molar-refractivity contribution in [1.82, 2.24) is 0 Å². The van der Waals surface area contributed by atoms with Gasteiger partial charge >= 0.3 is 0 Å². The molecule has 0 aromatic heterocycles. The molecule has 0 radical (unpaired) electrons. The Morgan fingerprint density at radius 3 is 1.83 bits per heavy atom. The fraction of sp³-hybridized carbons (Fsp3) is 0.0588. The SMILES string of the molecule is C=C(C)c1ccccc1.OC=Cc1ccccc1. The van der Waals surface area contributed by atoms with E-state index < -0.39 is 0 Å². The molecule has 0 aliphatic rings. The molecule has 92 valence electrons. The Kier molecular flexibility index (Phi) is 6.05. The molecule has 2 aromatic rings. The molecule has 1 heteroatoms. The fourth-order valence-corrected chi connectivity index (χ4v) is 1.37. The van der Waals surface area contributed by atoms with E-state index >= 15 is 0 Å². The lowest BCUT2D eigenvalue weighted by Crippen LogP contribution is -1.72. The van der Waals surface area contributed by atoms with Crippen LogP contribution in [0.1, 0.15) is 18.1 Å². The van der Waals surface area contributed by atoms with E-state index in [0.29, 0.717) is 0 Å². The molecule has 0 atom stereocenters. The molecule has 1 nitrogen and oxygen atoms in total. The number of aliphatic hydroxyl groups is 1. The maximum absolute atomic E-state index is 8.34. The predicted octanol–water partition coefficient (Wildman–Crippen LogP) is 4.94. The van der Waals surface area contributed by atoms with E-state index in [2.05, 4.69) is 18.7 Å². The van der Waals surface area contributed by atoms with Crippen LogP contribution in [0, 0.1) is 0 Å². The van der Waals surface area contributed by atoms with Crippen molar-refractivity contribution in [3.05, 3.63) is 84.6 Å². The predicted molar refractivity (Wildman–Crippen MR) is 79.3 cm³/mol. The van der Waals surface area contributed by atoms with Crippen molar-refractivity contribution in [3.8, 4) is 0 Å². The van der Waals surface area contributed by atoms with Crippen LogP contribution >= 0.6 is 0 Å². The average molecular weight is 238 g/mol. The van der Waals surface area contributed by atoms with Crippen molar-refractivity contribution >= 4 is 11.6 Å². The highest BCUT2D eigenvalue weighted by molar-refractivity contribution is 5.60. The Morgan fingerprint density at radius 1 is 0.944 bits per heavy atom. The standard InChI is InChI=1S/C9H10.C8H8O/c1-8(2)9-6-4-3-5-7-9;9-7-6-8-4-2-1-3-5-8/h3-7H,1H2,2H3;1-7,9H. The van der Waals surface area contributed by atoms with Gasteiger partial charge in [0.05, 0.1) is 6.26 Å². The van der Waals surface area contributed by atoms with Gasteiger partial charge in [0.15, 0.2) is 0 Å². The van der Waals surface area contributed by atoms with E-state index in [1.165, 1.54) is 5.56 Å². The van der Waals surface area contributed by atoms with E-state index in [4.69, 9.17) is 5.11 Å². The highest BCUT2D eigenvalue weighted by Gasteiger charge is 1.86. The van der Waals surface area contributed by atoms with Crippen molar-refractivity contribution in [3.63, 3.8) is 0 Å². The van der Waals surface area contributed by atoms with Gasteiger partial charge in [-0.3, -0.25) is 0 Å². The number of rotatable bonds is 2. The Balaban J connectivity index is 0.000000180. The van der Waals surface area contributed by atoms with Crippen LogP contribution in [0.25, 0.3) is 11.6 Å². The summed E-state index contributed by atoms with van der Waals surface area (Å²) in [6.45, 7) is 5.83. The molecule has 2 rings (SSSR count). The van der Waals surface area contributed by atoms with Crippen molar-refractivity contribution in [2.75, 3.05) is 0 Å². The first-order valence-corrected chi connectivity index (χ1v) is 5.81. The first-order chi connectivity index (χ1) is 8.74. The van der Waals surface area contributed by atoms with Crippen LogP contribution in [0.5, 0.6) is 0 Å².